The highest BCUT2D eigenvalue weighted by molar-refractivity contribution is 7.89. The van der Waals surface area contributed by atoms with Gasteiger partial charge in [-0.25, -0.2) is 8.42 Å². The van der Waals surface area contributed by atoms with Gasteiger partial charge in [-0.1, -0.05) is 25.1 Å². The smallest absolute Gasteiger partial charge is 0.243 e. The molecular weight excluding hydrogens is 288 g/mol. The van der Waals surface area contributed by atoms with Crippen LogP contribution in [-0.4, -0.2) is 38.3 Å². The standard InChI is InChI=1S/C15H22N2O3S/c1-2-10-16-15(18)13-8-11-17(12-9-13)21(19,20)14-6-4-3-5-7-14/h3-7,13H,2,8-12H2,1H3,(H,16,18). The first-order chi connectivity index (χ1) is 10.1. The van der Waals surface area contributed by atoms with E-state index in [1.54, 1.807) is 30.3 Å². The molecule has 0 aromatic heterocycles. The Bertz CT molecular complexity index is 564. The number of nitrogens with one attached hydrogen (secondary N) is 1. The average molecular weight is 310 g/mol. The third-order valence-electron chi connectivity index (χ3n) is 3.75. The summed E-state index contributed by atoms with van der Waals surface area (Å²) in [6.07, 6.45) is 2.08. The van der Waals surface area contributed by atoms with Crippen LogP contribution in [0.3, 0.4) is 0 Å². The Labute approximate surface area is 126 Å². The van der Waals surface area contributed by atoms with Gasteiger partial charge in [-0.2, -0.15) is 4.31 Å². The van der Waals surface area contributed by atoms with Crippen LogP contribution >= 0.6 is 0 Å². The van der Waals surface area contributed by atoms with E-state index >= 15 is 0 Å². The van der Waals surface area contributed by atoms with Crippen LogP contribution < -0.4 is 5.32 Å². The van der Waals surface area contributed by atoms with E-state index in [1.165, 1.54) is 4.31 Å². The summed E-state index contributed by atoms with van der Waals surface area (Å²) in [5.74, 6) is -0.0209. The van der Waals surface area contributed by atoms with Gasteiger partial charge in [-0.15, -0.1) is 0 Å². The zero-order valence-corrected chi connectivity index (χ0v) is 13.1. The van der Waals surface area contributed by atoms with Crippen molar-refractivity contribution in [3.63, 3.8) is 0 Å². The van der Waals surface area contributed by atoms with Crippen molar-refractivity contribution in [1.29, 1.82) is 0 Å². The number of carbonyl (C=O) groups excluding carboxylic acids is 1. The highest BCUT2D eigenvalue weighted by atomic mass is 32.2. The van der Waals surface area contributed by atoms with Gasteiger partial charge in [-0.3, -0.25) is 4.79 Å². The number of nitrogens with zero attached hydrogens (tertiary/aromatic N) is 1. The topological polar surface area (TPSA) is 66.5 Å². The molecule has 5 nitrogen and oxygen atoms in total. The monoisotopic (exact) mass is 310 g/mol. The van der Waals surface area contributed by atoms with Crippen molar-refractivity contribution in [2.75, 3.05) is 19.6 Å². The quantitative estimate of drug-likeness (QED) is 0.898. The van der Waals surface area contributed by atoms with Crippen molar-refractivity contribution in [2.24, 2.45) is 5.92 Å². The predicted octanol–water partition coefficient (Wildman–Crippen LogP) is 1.61. The first-order valence-electron chi connectivity index (χ1n) is 7.38. The normalized spacial score (nSPS) is 17.6. The summed E-state index contributed by atoms with van der Waals surface area (Å²) in [5.41, 5.74) is 0. The lowest BCUT2D eigenvalue weighted by molar-refractivity contribution is -0.126. The Kier molecular flexibility index (Phi) is 5.36. The number of piperidine rings is 1. The lowest BCUT2D eigenvalue weighted by Gasteiger charge is -2.30. The van der Waals surface area contributed by atoms with E-state index < -0.39 is 10.0 Å². The Balaban J connectivity index is 1.96. The molecule has 0 spiro atoms. The molecule has 0 atom stereocenters. The second-order valence-corrected chi connectivity index (χ2v) is 7.22. The maximum Gasteiger partial charge on any atom is 0.243 e. The molecule has 2 rings (SSSR count). The van der Waals surface area contributed by atoms with E-state index in [2.05, 4.69) is 5.32 Å². The van der Waals surface area contributed by atoms with Gasteiger partial charge >= 0.3 is 0 Å². The Morgan fingerprint density at radius 2 is 1.86 bits per heavy atom. The number of benzene rings is 1. The molecule has 1 N–H and O–H groups in total. The van der Waals surface area contributed by atoms with E-state index in [0.29, 0.717) is 37.4 Å². The zero-order valence-electron chi connectivity index (χ0n) is 12.3. The van der Waals surface area contributed by atoms with Crippen molar-refractivity contribution >= 4 is 15.9 Å². The van der Waals surface area contributed by atoms with E-state index in [9.17, 15) is 13.2 Å². The first-order valence-corrected chi connectivity index (χ1v) is 8.82. The first kappa shape index (κ1) is 16.0. The number of sulfonamides is 1. The second-order valence-electron chi connectivity index (χ2n) is 5.28. The molecule has 0 radical (unpaired) electrons. The molecule has 1 aliphatic rings. The van der Waals surface area contributed by atoms with Gasteiger partial charge in [0.2, 0.25) is 15.9 Å². The summed E-state index contributed by atoms with van der Waals surface area (Å²) in [6.45, 7) is 3.50. The van der Waals surface area contributed by atoms with Crippen LogP contribution in [0, 0.1) is 5.92 Å². The van der Waals surface area contributed by atoms with Crippen LogP contribution in [0.25, 0.3) is 0 Å². The van der Waals surface area contributed by atoms with Gasteiger partial charge < -0.3 is 5.32 Å². The number of carbonyl (C=O) groups is 1. The molecule has 1 amide bonds. The molecule has 1 heterocycles. The van der Waals surface area contributed by atoms with E-state index in [1.807, 2.05) is 6.92 Å². The summed E-state index contributed by atoms with van der Waals surface area (Å²) in [6, 6.07) is 8.45. The predicted molar refractivity (Wildman–Crippen MR) is 81.2 cm³/mol. The molecule has 0 saturated carbocycles. The zero-order chi connectivity index (χ0) is 15.3. The minimum absolute atomic E-state index is 0.0496. The van der Waals surface area contributed by atoms with Crippen molar-refractivity contribution < 1.29 is 13.2 Å². The molecule has 116 valence electrons. The van der Waals surface area contributed by atoms with Gasteiger partial charge in [0.15, 0.2) is 0 Å². The van der Waals surface area contributed by atoms with Gasteiger partial charge in [0, 0.05) is 25.6 Å². The number of hydrogen-bond donors (Lipinski definition) is 1. The maximum absolute atomic E-state index is 12.5. The van der Waals surface area contributed by atoms with Crippen LogP contribution in [0.5, 0.6) is 0 Å². The minimum Gasteiger partial charge on any atom is -0.356 e. The van der Waals surface area contributed by atoms with Crippen LogP contribution in [0.4, 0.5) is 0 Å². The summed E-state index contributed by atoms with van der Waals surface area (Å²) in [5, 5.41) is 2.88. The third-order valence-corrected chi connectivity index (χ3v) is 5.67. The van der Waals surface area contributed by atoms with Crippen LogP contribution in [-0.2, 0) is 14.8 Å². The van der Waals surface area contributed by atoms with Crippen molar-refractivity contribution in [3.8, 4) is 0 Å². The number of rotatable bonds is 5. The molecule has 1 saturated heterocycles. The van der Waals surface area contributed by atoms with Gasteiger partial charge in [0.25, 0.3) is 0 Å². The molecule has 0 unspecified atom stereocenters. The number of hydrogen-bond acceptors (Lipinski definition) is 3. The van der Waals surface area contributed by atoms with Gasteiger partial charge in [0.05, 0.1) is 4.90 Å². The van der Waals surface area contributed by atoms with Crippen molar-refractivity contribution in [2.45, 2.75) is 31.1 Å². The second kappa shape index (κ2) is 7.04. The molecule has 6 heteroatoms. The lowest BCUT2D eigenvalue weighted by Crippen LogP contribution is -2.43. The molecule has 1 aliphatic heterocycles. The highest BCUT2D eigenvalue weighted by Crippen LogP contribution is 2.23. The Morgan fingerprint density at radius 1 is 1.24 bits per heavy atom. The molecule has 1 aromatic rings. The van der Waals surface area contributed by atoms with Crippen LogP contribution in [0.15, 0.2) is 35.2 Å². The van der Waals surface area contributed by atoms with E-state index in [-0.39, 0.29) is 11.8 Å². The summed E-state index contributed by atoms with van der Waals surface area (Å²) in [7, 11) is -3.43. The summed E-state index contributed by atoms with van der Waals surface area (Å²) >= 11 is 0. The largest absolute Gasteiger partial charge is 0.356 e. The third kappa shape index (κ3) is 3.83. The minimum atomic E-state index is -3.43. The summed E-state index contributed by atoms with van der Waals surface area (Å²) in [4.78, 5) is 12.2. The summed E-state index contributed by atoms with van der Waals surface area (Å²) < 4.78 is 26.4. The maximum atomic E-state index is 12.5. The SMILES string of the molecule is CCCNC(=O)C1CCN(S(=O)(=O)c2ccccc2)CC1. The van der Waals surface area contributed by atoms with Crippen LogP contribution in [0.1, 0.15) is 26.2 Å². The van der Waals surface area contributed by atoms with E-state index in [4.69, 9.17) is 0 Å². The number of amides is 1. The molecule has 0 aliphatic carbocycles. The highest BCUT2D eigenvalue weighted by Gasteiger charge is 2.31. The van der Waals surface area contributed by atoms with Crippen LogP contribution in [0.2, 0.25) is 0 Å². The fourth-order valence-electron chi connectivity index (χ4n) is 2.49. The fourth-order valence-corrected chi connectivity index (χ4v) is 3.98. The average Bonchev–Trinajstić information content (AvgIpc) is 2.53. The van der Waals surface area contributed by atoms with Crippen molar-refractivity contribution in [3.05, 3.63) is 30.3 Å². The van der Waals surface area contributed by atoms with Gasteiger partial charge in [0.1, 0.15) is 0 Å². The molecule has 0 bridgehead atoms. The van der Waals surface area contributed by atoms with E-state index in [0.717, 1.165) is 6.42 Å². The fraction of sp³-hybridized carbons (Fsp3) is 0.533. The lowest BCUT2D eigenvalue weighted by atomic mass is 9.97. The molecule has 21 heavy (non-hydrogen) atoms. The Hall–Kier alpha value is -1.40. The Morgan fingerprint density at radius 3 is 2.43 bits per heavy atom. The van der Waals surface area contributed by atoms with Crippen molar-refractivity contribution in [1.82, 2.24) is 9.62 Å². The molecule has 1 fully saturated rings. The molecule has 1 aromatic carbocycles. The molecular formula is C15H22N2O3S. The van der Waals surface area contributed by atoms with Gasteiger partial charge in [-0.05, 0) is 31.4 Å².